The molecule has 0 aromatic heterocycles. The number of anilines is 2. The number of nitrogen functional groups attached to an aromatic ring is 1. The van der Waals surface area contributed by atoms with Crippen molar-refractivity contribution in [3.63, 3.8) is 0 Å². The minimum Gasteiger partial charge on any atom is -0.494 e. The van der Waals surface area contributed by atoms with Gasteiger partial charge in [0.05, 0.1) is 12.9 Å². The Kier molecular flexibility index (Phi) is 5.24. The summed E-state index contributed by atoms with van der Waals surface area (Å²) < 4.78 is 30.5. The molecule has 1 aromatic carbocycles. The van der Waals surface area contributed by atoms with Gasteiger partial charge in [-0.1, -0.05) is 0 Å². The summed E-state index contributed by atoms with van der Waals surface area (Å²) in [4.78, 5) is 0. The lowest BCUT2D eigenvalue weighted by Crippen LogP contribution is -2.47. The Balaban J connectivity index is 2.74. The fraction of sp³-hybridized carbons (Fsp3) is 0.538. The first-order chi connectivity index (χ1) is 9.11. The number of rotatable bonds is 7. The van der Waals surface area contributed by atoms with Gasteiger partial charge in [0.15, 0.2) is 0 Å². The molecule has 0 aliphatic heterocycles. The Morgan fingerprint density at radius 2 is 1.95 bits per heavy atom. The van der Waals surface area contributed by atoms with Crippen molar-refractivity contribution >= 4 is 21.4 Å². The molecular weight excluding hydrogens is 278 g/mol. The summed E-state index contributed by atoms with van der Waals surface area (Å²) in [7, 11) is -3.25. The van der Waals surface area contributed by atoms with Crippen LogP contribution < -0.4 is 20.5 Å². The molecule has 4 N–H and O–H groups in total. The third kappa shape index (κ3) is 6.12. The number of hydrogen-bond donors (Lipinski definition) is 3. The molecule has 1 rings (SSSR count). The number of nitrogens with two attached hydrogens (primary N) is 1. The van der Waals surface area contributed by atoms with Crippen molar-refractivity contribution in [2.24, 2.45) is 0 Å². The van der Waals surface area contributed by atoms with E-state index in [-0.39, 0.29) is 0 Å². The molecule has 114 valence electrons. The molecular formula is C13H23N3O3S. The van der Waals surface area contributed by atoms with E-state index >= 15 is 0 Å². The number of ether oxygens (including phenoxy) is 1. The highest BCUT2D eigenvalue weighted by Gasteiger charge is 2.21. The second-order valence-corrected chi connectivity index (χ2v) is 7.08. The molecule has 0 atom stereocenters. The van der Waals surface area contributed by atoms with Crippen LogP contribution >= 0.6 is 0 Å². The molecule has 0 unspecified atom stereocenters. The van der Waals surface area contributed by atoms with Gasteiger partial charge in [-0.25, -0.2) is 13.1 Å². The standard InChI is InChI=1S/C13H23N3O3S/c1-5-19-12-7-10(14)6-11(8-12)15-9-13(2,3)16-20(4,17)18/h6-8,15-16H,5,9,14H2,1-4H3. The SMILES string of the molecule is CCOc1cc(N)cc(NCC(C)(C)NS(C)(=O)=O)c1. The third-order valence-corrected chi connectivity index (χ3v) is 3.36. The van der Waals surface area contributed by atoms with Gasteiger partial charge in [0.1, 0.15) is 5.75 Å². The molecule has 7 heteroatoms. The average Bonchev–Trinajstić information content (AvgIpc) is 2.23. The molecule has 0 heterocycles. The van der Waals surface area contributed by atoms with Crippen LogP contribution in [-0.4, -0.2) is 33.4 Å². The third-order valence-electron chi connectivity index (χ3n) is 2.44. The van der Waals surface area contributed by atoms with Gasteiger partial charge >= 0.3 is 0 Å². The van der Waals surface area contributed by atoms with Gasteiger partial charge in [-0.15, -0.1) is 0 Å². The highest BCUT2D eigenvalue weighted by Crippen LogP contribution is 2.23. The van der Waals surface area contributed by atoms with Crippen LogP contribution in [-0.2, 0) is 10.0 Å². The number of benzene rings is 1. The van der Waals surface area contributed by atoms with Gasteiger partial charge in [0.25, 0.3) is 0 Å². The van der Waals surface area contributed by atoms with E-state index in [0.29, 0.717) is 24.6 Å². The smallest absolute Gasteiger partial charge is 0.209 e. The Labute approximate surface area is 120 Å². The maximum absolute atomic E-state index is 11.3. The maximum atomic E-state index is 11.3. The van der Waals surface area contributed by atoms with E-state index in [1.165, 1.54) is 0 Å². The molecule has 0 aliphatic carbocycles. The van der Waals surface area contributed by atoms with E-state index < -0.39 is 15.6 Å². The largest absolute Gasteiger partial charge is 0.494 e. The zero-order valence-corrected chi connectivity index (χ0v) is 13.2. The molecule has 0 aliphatic rings. The van der Waals surface area contributed by atoms with Crippen molar-refractivity contribution in [1.82, 2.24) is 4.72 Å². The Morgan fingerprint density at radius 1 is 1.30 bits per heavy atom. The molecule has 0 fully saturated rings. The first kappa shape index (κ1) is 16.6. The lowest BCUT2D eigenvalue weighted by Gasteiger charge is -2.26. The summed E-state index contributed by atoms with van der Waals surface area (Å²) in [6.07, 6.45) is 1.14. The summed E-state index contributed by atoms with van der Waals surface area (Å²) in [5.74, 6) is 0.684. The predicted molar refractivity (Wildman–Crippen MR) is 82.6 cm³/mol. The zero-order valence-electron chi connectivity index (χ0n) is 12.4. The number of nitrogens with one attached hydrogen (secondary N) is 2. The van der Waals surface area contributed by atoms with Crippen molar-refractivity contribution in [1.29, 1.82) is 0 Å². The molecule has 0 saturated carbocycles. The summed E-state index contributed by atoms with van der Waals surface area (Å²) >= 11 is 0. The molecule has 1 aromatic rings. The lowest BCUT2D eigenvalue weighted by atomic mass is 10.1. The van der Waals surface area contributed by atoms with Crippen LogP contribution in [0, 0.1) is 0 Å². The molecule has 0 amide bonds. The summed E-state index contributed by atoms with van der Waals surface area (Å²) in [5, 5.41) is 3.16. The van der Waals surface area contributed by atoms with Crippen LogP contribution in [0.5, 0.6) is 5.75 Å². The van der Waals surface area contributed by atoms with Gasteiger partial charge in [-0.3, -0.25) is 0 Å². The number of hydrogen-bond acceptors (Lipinski definition) is 5. The van der Waals surface area contributed by atoms with Crippen LogP contribution in [0.25, 0.3) is 0 Å². The lowest BCUT2D eigenvalue weighted by molar-refractivity contribution is 0.340. The normalized spacial score (nSPS) is 12.2. The fourth-order valence-corrected chi connectivity index (χ4v) is 2.91. The molecule has 6 nitrogen and oxygen atoms in total. The van der Waals surface area contributed by atoms with E-state index in [1.54, 1.807) is 26.0 Å². The predicted octanol–water partition coefficient (Wildman–Crippen LogP) is 1.41. The first-order valence-electron chi connectivity index (χ1n) is 6.37. The van der Waals surface area contributed by atoms with Crippen LogP contribution in [0.15, 0.2) is 18.2 Å². The van der Waals surface area contributed by atoms with Crippen molar-refractivity contribution in [2.45, 2.75) is 26.3 Å². The molecule has 0 bridgehead atoms. The second-order valence-electron chi connectivity index (χ2n) is 5.34. The molecule has 0 radical (unpaired) electrons. The summed E-state index contributed by atoms with van der Waals surface area (Å²) in [5.41, 5.74) is 6.57. The van der Waals surface area contributed by atoms with E-state index in [1.807, 2.05) is 13.0 Å². The van der Waals surface area contributed by atoms with Gasteiger partial charge in [-0.05, 0) is 26.8 Å². The van der Waals surface area contributed by atoms with E-state index in [2.05, 4.69) is 10.0 Å². The second kappa shape index (κ2) is 6.32. The Hall–Kier alpha value is -1.47. The minimum absolute atomic E-state index is 0.426. The monoisotopic (exact) mass is 301 g/mol. The van der Waals surface area contributed by atoms with Crippen LogP contribution in [0.3, 0.4) is 0 Å². The van der Waals surface area contributed by atoms with Crippen molar-refractivity contribution < 1.29 is 13.2 Å². The van der Waals surface area contributed by atoms with E-state index in [9.17, 15) is 8.42 Å². The summed E-state index contributed by atoms with van der Waals surface area (Å²) in [6, 6.07) is 5.35. The highest BCUT2D eigenvalue weighted by atomic mass is 32.2. The average molecular weight is 301 g/mol. The fourth-order valence-electron chi connectivity index (χ4n) is 1.84. The Morgan fingerprint density at radius 3 is 2.50 bits per heavy atom. The van der Waals surface area contributed by atoms with Gasteiger partial charge in [-0.2, -0.15) is 0 Å². The van der Waals surface area contributed by atoms with Gasteiger partial charge in [0.2, 0.25) is 10.0 Å². The van der Waals surface area contributed by atoms with Crippen LogP contribution in [0.4, 0.5) is 11.4 Å². The van der Waals surface area contributed by atoms with Crippen LogP contribution in [0.2, 0.25) is 0 Å². The van der Waals surface area contributed by atoms with E-state index in [0.717, 1.165) is 11.9 Å². The van der Waals surface area contributed by atoms with Crippen molar-refractivity contribution in [3.05, 3.63) is 18.2 Å². The van der Waals surface area contributed by atoms with Crippen LogP contribution in [0.1, 0.15) is 20.8 Å². The highest BCUT2D eigenvalue weighted by molar-refractivity contribution is 7.88. The molecule has 0 saturated heterocycles. The zero-order chi connectivity index (χ0) is 15.4. The topological polar surface area (TPSA) is 93.4 Å². The number of sulfonamides is 1. The summed E-state index contributed by atoms with van der Waals surface area (Å²) in [6.45, 7) is 6.49. The minimum atomic E-state index is -3.25. The molecule has 0 spiro atoms. The first-order valence-corrected chi connectivity index (χ1v) is 8.26. The maximum Gasteiger partial charge on any atom is 0.209 e. The quantitative estimate of drug-likeness (QED) is 0.662. The van der Waals surface area contributed by atoms with E-state index in [4.69, 9.17) is 10.5 Å². The van der Waals surface area contributed by atoms with Crippen molar-refractivity contribution in [3.8, 4) is 5.75 Å². The molecule has 20 heavy (non-hydrogen) atoms. The van der Waals surface area contributed by atoms with Gasteiger partial charge in [0, 0.05) is 35.6 Å². The Bertz CT molecular complexity index is 556. The van der Waals surface area contributed by atoms with Gasteiger partial charge < -0.3 is 15.8 Å². The van der Waals surface area contributed by atoms with Crippen molar-refractivity contribution in [2.75, 3.05) is 30.5 Å².